The van der Waals surface area contributed by atoms with Crippen LogP contribution in [0.15, 0.2) is 17.8 Å². The lowest BCUT2D eigenvalue weighted by atomic mass is 10.1. The molecule has 0 radical (unpaired) electrons. The van der Waals surface area contributed by atoms with Crippen molar-refractivity contribution in [3.8, 4) is 0 Å². The molecule has 1 atom stereocenters. The second-order valence-electron chi connectivity index (χ2n) is 5.86. The van der Waals surface area contributed by atoms with Gasteiger partial charge in [-0.05, 0) is 19.8 Å². The SMILES string of the molecule is Cc1nc([C@H]2CCCN2C(=O)CCC(=O)c2cnn(C)c2)cs1. The summed E-state index contributed by atoms with van der Waals surface area (Å²) in [5.74, 6) is 0.00194. The van der Waals surface area contributed by atoms with Gasteiger partial charge in [-0.15, -0.1) is 11.3 Å². The molecule has 1 fully saturated rings. The van der Waals surface area contributed by atoms with Gasteiger partial charge in [0.15, 0.2) is 5.78 Å². The third-order valence-electron chi connectivity index (χ3n) is 4.14. The number of thiazole rings is 1. The summed E-state index contributed by atoms with van der Waals surface area (Å²) >= 11 is 1.61. The van der Waals surface area contributed by atoms with Crippen molar-refractivity contribution in [2.45, 2.75) is 38.6 Å². The Balaban J connectivity index is 1.60. The molecular formula is C16H20N4O2S. The Bertz CT molecular complexity index is 721. The van der Waals surface area contributed by atoms with Gasteiger partial charge in [0.1, 0.15) is 0 Å². The fourth-order valence-electron chi connectivity index (χ4n) is 2.98. The van der Waals surface area contributed by atoms with Crippen LogP contribution in [-0.2, 0) is 11.8 Å². The summed E-state index contributed by atoms with van der Waals surface area (Å²) in [6, 6.07) is 0.0703. The molecule has 23 heavy (non-hydrogen) atoms. The molecule has 7 heteroatoms. The molecule has 3 rings (SSSR count). The van der Waals surface area contributed by atoms with Gasteiger partial charge < -0.3 is 4.90 Å². The Morgan fingerprint density at radius 3 is 2.87 bits per heavy atom. The van der Waals surface area contributed by atoms with Gasteiger partial charge in [-0.2, -0.15) is 5.10 Å². The van der Waals surface area contributed by atoms with Crippen LogP contribution < -0.4 is 0 Å². The van der Waals surface area contributed by atoms with E-state index in [2.05, 4.69) is 10.1 Å². The number of hydrogen-bond acceptors (Lipinski definition) is 5. The lowest BCUT2D eigenvalue weighted by Gasteiger charge is -2.23. The van der Waals surface area contributed by atoms with Crippen LogP contribution in [0, 0.1) is 6.92 Å². The normalized spacial score (nSPS) is 17.7. The second kappa shape index (κ2) is 6.62. The van der Waals surface area contributed by atoms with E-state index >= 15 is 0 Å². The van der Waals surface area contributed by atoms with Crippen LogP contribution in [0.2, 0.25) is 0 Å². The average Bonchev–Trinajstić information content (AvgIpc) is 3.24. The zero-order valence-electron chi connectivity index (χ0n) is 13.4. The first-order chi connectivity index (χ1) is 11.0. The Morgan fingerprint density at radius 1 is 1.39 bits per heavy atom. The quantitative estimate of drug-likeness (QED) is 0.789. The summed E-state index contributed by atoms with van der Waals surface area (Å²) < 4.78 is 1.59. The highest BCUT2D eigenvalue weighted by atomic mass is 32.1. The van der Waals surface area contributed by atoms with Crippen molar-refractivity contribution in [3.05, 3.63) is 34.0 Å². The first-order valence-electron chi connectivity index (χ1n) is 7.78. The largest absolute Gasteiger partial charge is 0.334 e. The van der Waals surface area contributed by atoms with Crippen LogP contribution in [0.5, 0.6) is 0 Å². The summed E-state index contributed by atoms with van der Waals surface area (Å²) in [5.41, 5.74) is 1.55. The first kappa shape index (κ1) is 15.9. The zero-order chi connectivity index (χ0) is 16.4. The first-order valence-corrected chi connectivity index (χ1v) is 8.66. The molecule has 2 aromatic rings. The summed E-state index contributed by atoms with van der Waals surface area (Å²) in [4.78, 5) is 31.0. The fraction of sp³-hybridized carbons (Fsp3) is 0.500. The van der Waals surface area contributed by atoms with Gasteiger partial charge in [0.05, 0.1) is 28.5 Å². The Hall–Kier alpha value is -2.02. The molecule has 0 saturated carbocycles. The number of ketones is 1. The third-order valence-corrected chi connectivity index (χ3v) is 4.94. The predicted molar refractivity (Wildman–Crippen MR) is 87.3 cm³/mol. The van der Waals surface area contributed by atoms with Gasteiger partial charge in [0, 0.05) is 38.0 Å². The molecule has 3 heterocycles. The van der Waals surface area contributed by atoms with Crippen LogP contribution in [0.4, 0.5) is 0 Å². The number of carbonyl (C=O) groups is 2. The van der Waals surface area contributed by atoms with Crippen molar-refractivity contribution in [3.63, 3.8) is 0 Å². The maximum atomic E-state index is 12.5. The monoisotopic (exact) mass is 332 g/mol. The Morgan fingerprint density at radius 2 is 2.22 bits per heavy atom. The van der Waals surface area contributed by atoms with E-state index in [1.165, 1.54) is 0 Å². The topological polar surface area (TPSA) is 68.1 Å². The molecule has 0 aliphatic carbocycles. The van der Waals surface area contributed by atoms with E-state index in [9.17, 15) is 9.59 Å². The van der Waals surface area contributed by atoms with Crippen LogP contribution in [0.25, 0.3) is 0 Å². The maximum absolute atomic E-state index is 12.5. The lowest BCUT2D eigenvalue weighted by Crippen LogP contribution is -2.31. The van der Waals surface area contributed by atoms with Crippen molar-refractivity contribution < 1.29 is 9.59 Å². The van der Waals surface area contributed by atoms with Gasteiger partial charge >= 0.3 is 0 Å². The molecule has 2 aromatic heterocycles. The van der Waals surface area contributed by atoms with Crippen molar-refractivity contribution in [1.82, 2.24) is 19.7 Å². The number of likely N-dealkylation sites (tertiary alicyclic amines) is 1. The molecule has 1 amide bonds. The molecule has 122 valence electrons. The standard InChI is InChI=1S/C16H20N4O2S/c1-11-18-13(10-23-11)14-4-3-7-20(14)16(22)6-5-15(21)12-8-17-19(2)9-12/h8-10,14H,3-7H2,1-2H3/t14-/m1/s1. The number of Topliss-reactive ketones (excluding diaryl/α,β-unsaturated/α-hetero) is 1. The lowest BCUT2D eigenvalue weighted by molar-refractivity contribution is -0.132. The van der Waals surface area contributed by atoms with E-state index < -0.39 is 0 Å². The van der Waals surface area contributed by atoms with Gasteiger partial charge in [-0.1, -0.05) is 0 Å². The number of nitrogens with zero attached hydrogens (tertiary/aromatic N) is 4. The summed E-state index contributed by atoms with van der Waals surface area (Å²) in [7, 11) is 1.77. The number of aryl methyl sites for hydroxylation is 2. The van der Waals surface area contributed by atoms with E-state index in [0.717, 1.165) is 30.1 Å². The van der Waals surface area contributed by atoms with Crippen molar-refractivity contribution in [2.75, 3.05) is 6.54 Å². The van der Waals surface area contributed by atoms with Crippen molar-refractivity contribution >= 4 is 23.0 Å². The van der Waals surface area contributed by atoms with E-state index in [1.807, 2.05) is 17.2 Å². The van der Waals surface area contributed by atoms with Gasteiger partial charge in [-0.3, -0.25) is 14.3 Å². The fourth-order valence-corrected chi connectivity index (χ4v) is 3.64. The number of aromatic nitrogens is 3. The van der Waals surface area contributed by atoms with E-state index in [-0.39, 0.29) is 30.6 Å². The van der Waals surface area contributed by atoms with E-state index in [4.69, 9.17) is 0 Å². The minimum absolute atomic E-state index is 0.0355. The molecule has 0 spiro atoms. The maximum Gasteiger partial charge on any atom is 0.223 e. The predicted octanol–water partition coefficient (Wildman–Crippen LogP) is 2.51. The summed E-state index contributed by atoms with van der Waals surface area (Å²) in [6.07, 6.45) is 5.64. The number of hydrogen-bond donors (Lipinski definition) is 0. The molecule has 0 bridgehead atoms. The van der Waals surface area contributed by atoms with Crippen LogP contribution in [0.3, 0.4) is 0 Å². The molecular weight excluding hydrogens is 312 g/mol. The molecule has 1 saturated heterocycles. The molecule has 6 nitrogen and oxygen atoms in total. The highest BCUT2D eigenvalue weighted by molar-refractivity contribution is 7.09. The van der Waals surface area contributed by atoms with Crippen LogP contribution in [-0.4, -0.2) is 37.9 Å². The van der Waals surface area contributed by atoms with E-state index in [0.29, 0.717) is 5.56 Å². The highest BCUT2D eigenvalue weighted by Gasteiger charge is 2.31. The van der Waals surface area contributed by atoms with Crippen molar-refractivity contribution in [1.29, 1.82) is 0 Å². The second-order valence-corrected chi connectivity index (χ2v) is 6.92. The van der Waals surface area contributed by atoms with Crippen molar-refractivity contribution in [2.24, 2.45) is 7.05 Å². The minimum Gasteiger partial charge on any atom is -0.334 e. The van der Waals surface area contributed by atoms with Gasteiger partial charge in [0.2, 0.25) is 5.91 Å². The third kappa shape index (κ3) is 3.50. The zero-order valence-corrected chi connectivity index (χ0v) is 14.2. The van der Waals surface area contributed by atoms with E-state index in [1.54, 1.807) is 35.5 Å². The molecule has 0 aromatic carbocycles. The molecule has 0 unspecified atom stereocenters. The number of carbonyl (C=O) groups excluding carboxylic acids is 2. The summed E-state index contributed by atoms with van der Waals surface area (Å²) in [6.45, 7) is 2.73. The molecule has 1 aliphatic rings. The van der Waals surface area contributed by atoms with Gasteiger partial charge in [0.25, 0.3) is 0 Å². The number of amides is 1. The molecule has 0 N–H and O–H groups in total. The number of rotatable bonds is 5. The van der Waals surface area contributed by atoms with Gasteiger partial charge in [-0.25, -0.2) is 4.98 Å². The van der Waals surface area contributed by atoms with Crippen LogP contribution in [0.1, 0.15) is 52.8 Å². The highest BCUT2D eigenvalue weighted by Crippen LogP contribution is 2.33. The Labute approximate surface area is 139 Å². The van der Waals surface area contributed by atoms with Crippen LogP contribution >= 0.6 is 11.3 Å². The minimum atomic E-state index is -0.0355. The summed E-state index contributed by atoms with van der Waals surface area (Å²) in [5, 5.41) is 7.04. The molecule has 1 aliphatic heterocycles. The smallest absolute Gasteiger partial charge is 0.223 e. The average molecular weight is 332 g/mol. The Kier molecular flexibility index (Phi) is 4.56.